The highest BCUT2D eigenvalue weighted by Gasteiger charge is 2.29. The van der Waals surface area contributed by atoms with Crippen LogP contribution in [0.1, 0.15) is 24.9 Å². The third-order valence-corrected chi connectivity index (χ3v) is 7.31. The second kappa shape index (κ2) is 11.3. The minimum atomic E-state index is -4.13. The molecule has 34 heavy (non-hydrogen) atoms. The number of halogens is 1. The van der Waals surface area contributed by atoms with Crippen LogP contribution in [-0.4, -0.2) is 35.1 Å². The van der Waals surface area contributed by atoms with Crippen molar-refractivity contribution in [2.45, 2.75) is 24.3 Å². The molecule has 180 valence electrons. The first-order valence-electron chi connectivity index (χ1n) is 10.6. The molecule has 7 nitrogen and oxygen atoms in total. The number of carbonyl (C=O) groups is 1. The standard InChI is InChI=1S/C25H27ClN2O5S/c1-4-22(18-8-6-5-7-9-18)27-25(29)17-28(20-12-10-19(26)11-13-20)34(30,31)21-14-15-23(32-2)24(16-21)33-3/h5-16,22H,4,17H2,1-3H3,(H,27,29)/t22-/m0/s1. The number of sulfonamides is 1. The van der Waals surface area contributed by atoms with E-state index in [4.69, 9.17) is 21.1 Å². The van der Waals surface area contributed by atoms with Gasteiger partial charge in [0.15, 0.2) is 11.5 Å². The predicted molar refractivity (Wildman–Crippen MR) is 133 cm³/mol. The van der Waals surface area contributed by atoms with E-state index < -0.39 is 22.5 Å². The Balaban J connectivity index is 1.95. The molecule has 0 heterocycles. The molecule has 0 aromatic heterocycles. The van der Waals surface area contributed by atoms with E-state index in [1.54, 1.807) is 24.3 Å². The summed E-state index contributed by atoms with van der Waals surface area (Å²) in [4.78, 5) is 13.0. The number of methoxy groups -OCH3 is 2. The van der Waals surface area contributed by atoms with Gasteiger partial charge in [-0.1, -0.05) is 48.9 Å². The molecule has 3 aromatic carbocycles. The van der Waals surface area contributed by atoms with Crippen LogP contribution in [0.4, 0.5) is 5.69 Å². The molecule has 0 radical (unpaired) electrons. The molecule has 1 atom stereocenters. The highest BCUT2D eigenvalue weighted by atomic mass is 35.5. The second-order valence-electron chi connectivity index (χ2n) is 7.44. The van der Waals surface area contributed by atoms with Crippen LogP contribution in [-0.2, 0) is 14.8 Å². The quantitative estimate of drug-likeness (QED) is 0.429. The van der Waals surface area contributed by atoms with E-state index >= 15 is 0 Å². The molecule has 0 aliphatic rings. The fourth-order valence-corrected chi connectivity index (χ4v) is 5.07. The van der Waals surface area contributed by atoms with Crippen molar-refractivity contribution in [2.75, 3.05) is 25.1 Å². The zero-order valence-corrected chi connectivity index (χ0v) is 20.8. The first-order valence-corrected chi connectivity index (χ1v) is 12.5. The Morgan fingerprint density at radius 1 is 0.971 bits per heavy atom. The van der Waals surface area contributed by atoms with Gasteiger partial charge in [-0.3, -0.25) is 9.10 Å². The summed E-state index contributed by atoms with van der Waals surface area (Å²) in [6.07, 6.45) is 0.652. The summed E-state index contributed by atoms with van der Waals surface area (Å²) in [5, 5.41) is 3.39. The third-order valence-electron chi connectivity index (χ3n) is 5.29. The van der Waals surface area contributed by atoms with Gasteiger partial charge in [0.2, 0.25) is 5.91 Å². The molecule has 3 aromatic rings. The first kappa shape index (κ1) is 25.4. The number of carbonyl (C=O) groups excluding carboxylic acids is 1. The lowest BCUT2D eigenvalue weighted by atomic mass is 10.0. The highest BCUT2D eigenvalue weighted by molar-refractivity contribution is 7.92. The van der Waals surface area contributed by atoms with Crippen molar-refractivity contribution in [3.8, 4) is 11.5 Å². The van der Waals surface area contributed by atoms with Crippen molar-refractivity contribution in [1.82, 2.24) is 5.32 Å². The number of hydrogen-bond acceptors (Lipinski definition) is 5. The summed E-state index contributed by atoms with van der Waals surface area (Å²) >= 11 is 6.00. The van der Waals surface area contributed by atoms with Gasteiger partial charge in [-0.2, -0.15) is 0 Å². The summed E-state index contributed by atoms with van der Waals surface area (Å²) in [7, 11) is -1.24. The molecule has 0 aliphatic carbocycles. The van der Waals surface area contributed by atoms with E-state index in [2.05, 4.69) is 5.32 Å². The minimum absolute atomic E-state index is 0.0389. The number of hydrogen-bond donors (Lipinski definition) is 1. The molecular weight excluding hydrogens is 476 g/mol. The first-order chi connectivity index (χ1) is 16.3. The number of nitrogens with one attached hydrogen (secondary N) is 1. The zero-order valence-electron chi connectivity index (χ0n) is 19.2. The number of rotatable bonds is 10. The van der Waals surface area contributed by atoms with E-state index in [9.17, 15) is 13.2 Å². The molecule has 1 amide bonds. The maximum atomic E-state index is 13.7. The summed E-state index contributed by atoms with van der Waals surface area (Å²) in [5.41, 5.74) is 1.25. The molecular formula is C25H27ClN2O5S. The van der Waals surface area contributed by atoms with E-state index in [0.29, 0.717) is 22.9 Å². The van der Waals surface area contributed by atoms with Crippen molar-refractivity contribution in [1.29, 1.82) is 0 Å². The van der Waals surface area contributed by atoms with E-state index in [0.717, 1.165) is 9.87 Å². The topological polar surface area (TPSA) is 84.9 Å². The number of anilines is 1. The van der Waals surface area contributed by atoms with Gasteiger partial charge in [0.1, 0.15) is 6.54 Å². The van der Waals surface area contributed by atoms with Crippen LogP contribution in [0, 0.1) is 0 Å². The Kier molecular flexibility index (Phi) is 8.41. The molecule has 0 saturated carbocycles. The van der Waals surface area contributed by atoms with E-state index in [1.165, 1.54) is 32.4 Å². The zero-order chi connectivity index (χ0) is 24.7. The summed E-state index contributed by atoms with van der Waals surface area (Å²) in [5.74, 6) is 0.222. The molecule has 0 aliphatic heterocycles. The molecule has 0 saturated heterocycles. The summed E-state index contributed by atoms with van der Waals surface area (Å²) < 4.78 is 38.9. The Hall–Kier alpha value is -3.23. The van der Waals surface area contributed by atoms with Gasteiger partial charge >= 0.3 is 0 Å². The Bertz CT molecular complexity index is 1220. The summed E-state index contributed by atoms with van der Waals surface area (Å²) in [6, 6.07) is 19.8. The van der Waals surface area contributed by atoms with Crippen LogP contribution in [0.15, 0.2) is 77.7 Å². The fourth-order valence-electron chi connectivity index (χ4n) is 3.50. The highest BCUT2D eigenvalue weighted by Crippen LogP contribution is 2.32. The average Bonchev–Trinajstić information content (AvgIpc) is 2.86. The second-order valence-corrected chi connectivity index (χ2v) is 9.74. The van der Waals surface area contributed by atoms with Gasteiger partial charge in [-0.15, -0.1) is 0 Å². The van der Waals surface area contributed by atoms with Gasteiger partial charge in [-0.25, -0.2) is 8.42 Å². The van der Waals surface area contributed by atoms with Crippen molar-refractivity contribution in [3.05, 3.63) is 83.4 Å². The van der Waals surface area contributed by atoms with Crippen LogP contribution in [0.3, 0.4) is 0 Å². The van der Waals surface area contributed by atoms with Crippen molar-refractivity contribution in [3.63, 3.8) is 0 Å². The number of ether oxygens (including phenoxy) is 2. The van der Waals surface area contributed by atoms with Crippen molar-refractivity contribution >= 4 is 33.2 Å². The molecule has 0 fully saturated rings. The Morgan fingerprint density at radius 3 is 2.21 bits per heavy atom. The smallest absolute Gasteiger partial charge is 0.264 e. The van der Waals surface area contributed by atoms with Gasteiger partial charge in [-0.05, 0) is 48.4 Å². The Morgan fingerprint density at radius 2 is 1.62 bits per heavy atom. The van der Waals surface area contributed by atoms with Crippen molar-refractivity contribution < 1.29 is 22.7 Å². The molecule has 3 rings (SSSR count). The van der Waals surface area contributed by atoms with Crippen LogP contribution in [0.5, 0.6) is 11.5 Å². The number of nitrogens with zero attached hydrogens (tertiary/aromatic N) is 1. The van der Waals surface area contributed by atoms with Gasteiger partial charge in [0.05, 0.1) is 30.8 Å². The average molecular weight is 503 g/mol. The summed E-state index contributed by atoms with van der Waals surface area (Å²) in [6.45, 7) is 1.54. The Labute approximate surface area is 205 Å². The molecule has 0 unspecified atom stereocenters. The predicted octanol–water partition coefficient (Wildman–Crippen LogP) is 4.82. The largest absolute Gasteiger partial charge is 0.493 e. The fraction of sp³-hybridized carbons (Fsp3) is 0.240. The molecule has 0 spiro atoms. The normalized spacial score (nSPS) is 12.0. The number of benzene rings is 3. The minimum Gasteiger partial charge on any atom is -0.493 e. The van der Waals surface area contributed by atoms with Crippen LogP contribution in [0.25, 0.3) is 0 Å². The van der Waals surface area contributed by atoms with Gasteiger partial charge in [0, 0.05) is 11.1 Å². The SMILES string of the molecule is CC[C@H](NC(=O)CN(c1ccc(Cl)cc1)S(=O)(=O)c1ccc(OC)c(OC)c1)c1ccccc1. The van der Waals surface area contributed by atoms with Crippen LogP contribution in [0.2, 0.25) is 5.02 Å². The number of amides is 1. The molecule has 1 N–H and O–H groups in total. The van der Waals surface area contributed by atoms with Crippen LogP contribution >= 0.6 is 11.6 Å². The molecule has 9 heteroatoms. The van der Waals surface area contributed by atoms with Crippen molar-refractivity contribution in [2.24, 2.45) is 0 Å². The lowest BCUT2D eigenvalue weighted by Gasteiger charge is -2.26. The maximum absolute atomic E-state index is 13.7. The van der Waals surface area contributed by atoms with Gasteiger partial charge < -0.3 is 14.8 Å². The lowest BCUT2D eigenvalue weighted by molar-refractivity contribution is -0.120. The van der Waals surface area contributed by atoms with Gasteiger partial charge in [0.25, 0.3) is 10.0 Å². The van der Waals surface area contributed by atoms with E-state index in [-0.39, 0.29) is 16.7 Å². The molecule has 0 bridgehead atoms. The lowest BCUT2D eigenvalue weighted by Crippen LogP contribution is -2.42. The van der Waals surface area contributed by atoms with E-state index in [1.807, 2.05) is 37.3 Å². The third kappa shape index (κ3) is 5.81. The van der Waals surface area contributed by atoms with Crippen LogP contribution < -0.4 is 19.1 Å². The monoisotopic (exact) mass is 502 g/mol. The maximum Gasteiger partial charge on any atom is 0.264 e.